The van der Waals surface area contributed by atoms with E-state index in [0.717, 1.165) is 11.3 Å². The Hall–Kier alpha value is -2.20. The van der Waals surface area contributed by atoms with Crippen LogP contribution < -0.4 is 5.43 Å². The number of benzene rings is 1. The molecule has 1 amide bonds. The highest BCUT2D eigenvalue weighted by atomic mass is 35.5. The highest BCUT2D eigenvalue weighted by Gasteiger charge is 2.03. The van der Waals surface area contributed by atoms with Crippen LogP contribution in [0.15, 0.2) is 47.7 Å². The largest absolute Gasteiger partial charge is 0.272 e. The molecule has 19 heavy (non-hydrogen) atoms. The predicted molar refractivity (Wildman–Crippen MR) is 75.5 cm³/mol. The van der Waals surface area contributed by atoms with Crippen LogP contribution in [0.3, 0.4) is 0 Å². The zero-order valence-corrected chi connectivity index (χ0v) is 11.1. The summed E-state index contributed by atoms with van der Waals surface area (Å²) in [5, 5.41) is 4.53. The molecular formula is C14H12ClN3O. The van der Waals surface area contributed by atoms with Crippen molar-refractivity contribution in [3.63, 3.8) is 0 Å². The van der Waals surface area contributed by atoms with E-state index >= 15 is 0 Å². The molecule has 4 nitrogen and oxygen atoms in total. The number of carbonyl (C=O) groups excluding carboxylic acids is 1. The Bertz CT molecular complexity index is 591. The summed E-state index contributed by atoms with van der Waals surface area (Å²) in [4.78, 5) is 15.8. The second kappa shape index (κ2) is 6.11. The first kappa shape index (κ1) is 13.2. The predicted octanol–water partition coefficient (Wildman–Crippen LogP) is 2.81. The van der Waals surface area contributed by atoms with Crippen LogP contribution in [0.4, 0.5) is 0 Å². The Morgan fingerprint density at radius 3 is 2.63 bits per heavy atom. The van der Waals surface area contributed by atoms with Gasteiger partial charge in [0.2, 0.25) is 0 Å². The van der Waals surface area contributed by atoms with Gasteiger partial charge in [-0.25, -0.2) is 5.43 Å². The van der Waals surface area contributed by atoms with Crippen molar-refractivity contribution in [3.8, 4) is 0 Å². The van der Waals surface area contributed by atoms with E-state index in [4.69, 9.17) is 11.6 Å². The lowest BCUT2D eigenvalue weighted by atomic mass is 10.2. The molecule has 1 N–H and O–H groups in total. The minimum absolute atomic E-state index is 0.294. The van der Waals surface area contributed by atoms with Crippen molar-refractivity contribution in [2.24, 2.45) is 5.10 Å². The third-order valence-electron chi connectivity index (χ3n) is 2.42. The van der Waals surface area contributed by atoms with Crippen molar-refractivity contribution in [3.05, 3.63) is 64.4 Å². The molecule has 0 spiro atoms. The van der Waals surface area contributed by atoms with Gasteiger partial charge in [-0.2, -0.15) is 5.10 Å². The average Bonchev–Trinajstić information content (AvgIpc) is 2.41. The van der Waals surface area contributed by atoms with Crippen molar-refractivity contribution in [1.29, 1.82) is 0 Å². The number of hydrazone groups is 1. The normalized spacial score (nSPS) is 10.6. The van der Waals surface area contributed by atoms with E-state index in [0.29, 0.717) is 10.6 Å². The number of hydrogen-bond acceptors (Lipinski definition) is 3. The van der Waals surface area contributed by atoms with Crippen LogP contribution in [0.5, 0.6) is 0 Å². The fraction of sp³-hybridized carbons (Fsp3) is 0.0714. The third-order valence-corrected chi connectivity index (χ3v) is 2.68. The summed E-state index contributed by atoms with van der Waals surface area (Å²) >= 11 is 5.77. The van der Waals surface area contributed by atoms with Gasteiger partial charge in [0.25, 0.3) is 5.91 Å². The van der Waals surface area contributed by atoms with Gasteiger partial charge < -0.3 is 0 Å². The van der Waals surface area contributed by atoms with E-state index in [9.17, 15) is 4.79 Å². The van der Waals surface area contributed by atoms with E-state index < -0.39 is 0 Å². The number of nitrogens with one attached hydrogen (secondary N) is 1. The molecule has 0 unspecified atom stereocenters. The van der Waals surface area contributed by atoms with Gasteiger partial charge in [-0.1, -0.05) is 23.7 Å². The van der Waals surface area contributed by atoms with Gasteiger partial charge in [-0.3, -0.25) is 9.78 Å². The zero-order valence-electron chi connectivity index (χ0n) is 10.3. The van der Waals surface area contributed by atoms with Gasteiger partial charge in [0.1, 0.15) is 0 Å². The number of rotatable bonds is 3. The molecule has 2 aromatic rings. The first-order valence-electron chi connectivity index (χ1n) is 5.67. The first-order chi connectivity index (χ1) is 9.15. The minimum Gasteiger partial charge on any atom is -0.267 e. The van der Waals surface area contributed by atoms with Crippen molar-refractivity contribution < 1.29 is 4.79 Å². The Labute approximate surface area is 116 Å². The molecule has 1 heterocycles. The summed E-state index contributed by atoms with van der Waals surface area (Å²) in [7, 11) is 0. The summed E-state index contributed by atoms with van der Waals surface area (Å²) in [5.74, 6) is -0.294. The third kappa shape index (κ3) is 3.89. The standard InChI is InChI=1S/C14H12ClN3O/c1-10-2-5-12(9-16-10)14(19)18-17-8-11-3-6-13(15)7-4-11/h2-9H,1H3,(H,18,19)/b17-8+. The fourth-order valence-electron chi connectivity index (χ4n) is 1.38. The van der Waals surface area contributed by atoms with Crippen LogP contribution >= 0.6 is 11.6 Å². The first-order valence-corrected chi connectivity index (χ1v) is 6.04. The van der Waals surface area contributed by atoms with Gasteiger partial charge in [-0.05, 0) is 36.8 Å². The Morgan fingerprint density at radius 2 is 2.00 bits per heavy atom. The second-order valence-electron chi connectivity index (χ2n) is 3.94. The molecule has 0 aliphatic heterocycles. The van der Waals surface area contributed by atoms with Gasteiger partial charge >= 0.3 is 0 Å². The van der Waals surface area contributed by atoms with E-state index in [2.05, 4.69) is 15.5 Å². The lowest BCUT2D eigenvalue weighted by Crippen LogP contribution is -2.17. The second-order valence-corrected chi connectivity index (χ2v) is 4.38. The number of aryl methyl sites for hydroxylation is 1. The van der Waals surface area contributed by atoms with E-state index in [1.807, 2.05) is 19.1 Å². The minimum atomic E-state index is -0.294. The maximum Gasteiger partial charge on any atom is 0.272 e. The van der Waals surface area contributed by atoms with Crippen molar-refractivity contribution in [1.82, 2.24) is 10.4 Å². The molecule has 2 rings (SSSR count). The Morgan fingerprint density at radius 1 is 1.26 bits per heavy atom. The van der Waals surface area contributed by atoms with Crippen LogP contribution in [0, 0.1) is 6.92 Å². The molecule has 1 aromatic carbocycles. The summed E-state index contributed by atoms with van der Waals surface area (Å²) < 4.78 is 0. The molecule has 0 aliphatic carbocycles. The SMILES string of the molecule is Cc1ccc(C(=O)N/N=C/c2ccc(Cl)cc2)cn1. The molecular weight excluding hydrogens is 262 g/mol. The lowest BCUT2D eigenvalue weighted by Gasteiger charge is -1.99. The van der Waals surface area contributed by atoms with E-state index in [1.165, 1.54) is 6.20 Å². The molecule has 5 heteroatoms. The van der Waals surface area contributed by atoms with Crippen LogP contribution in [-0.4, -0.2) is 17.1 Å². The zero-order chi connectivity index (χ0) is 13.7. The fourth-order valence-corrected chi connectivity index (χ4v) is 1.51. The monoisotopic (exact) mass is 273 g/mol. The highest BCUT2D eigenvalue weighted by Crippen LogP contribution is 2.07. The van der Waals surface area contributed by atoms with Crippen LogP contribution in [0.2, 0.25) is 5.02 Å². The number of hydrogen-bond donors (Lipinski definition) is 1. The van der Waals surface area contributed by atoms with E-state index in [-0.39, 0.29) is 5.91 Å². The number of halogens is 1. The topological polar surface area (TPSA) is 54.4 Å². The molecule has 0 atom stereocenters. The quantitative estimate of drug-likeness (QED) is 0.691. The Kier molecular flexibility index (Phi) is 4.26. The number of carbonyl (C=O) groups is 1. The number of amides is 1. The molecule has 1 aromatic heterocycles. The maximum atomic E-state index is 11.7. The molecule has 0 fully saturated rings. The van der Waals surface area contributed by atoms with Crippen molar-refractivity contribution in [2.45, 2.75) is 6.92 Å². The lowest BCUT2D eigenvalue weighted by molar-refractivity contribution is 0.0955. The van der Waals surface area contributed by atoms with Gasteiger partial charge in [0, 0.05) is 16.9 Å². The molecule has 0 radical (unpaired) electrons. The van der Waals surface area contributed by atoms with Gasteiger partial charge in [0.15, 0.2) is 0 Å². The summed E-state index contributed by atoms with van der Waals surface area (Å²) in [6, 6.07) is 10.6. The highest BCUT2D eigenvalue weighted by molar-refractivity contribution is 6.30. The van der Waals surface area contributed by atoms with Crippen LogP contribution in [0.1, 0.15) is 21.6 Å². The summed E-state index contributed by atoms with van der Waals surface area (Å²) in [5.41, 5.74) is 4.63. The van der Waals surface area contributed by atoms with Gasteiger partial charge in [-0.15, -0.1) is 0 Å². The number of aromatic nitrogens is 1. The maximum absolute atomic E-state index is 11.7. The summed E-state index contributed by atoms with van der Waals surface area (Å²) in [6.45, 7) is 1.86. The van der Waals surface area contributed by atoms with Crippen molar-refractivity contribution in [2.75, 3.05) is 0 Å². The molecule has 0 saturated carbocycles. The van der Waals surface area contributed by atoms with E-state index in [1.54, 1.807) is 30.5 Å². The number of pyridine rings is 1. The van der Waals surface area contributed by atoms with Crippen LogP contribution in [0.25, 0.3) is 0 Å². The van der Waals surface area contributed by atoms with Gasteiger partial charge in [0.05, 0.1) is 11.8 Å². The smallest absolute Gasteiger partial charge is 0.267 e. The van der Waals surface area contributed by atoms with Crippen LogP contribution in [-0.2, 0) is 0 Å². The molecule has 0 saturated heterocycles. The van der Waals surface area contributed by atoms with Crippen molar-refractivity contribution >= 4 is 23.7 Å². The summed E-state index contributed by atoms with van der Waals surface area (Å²) in [6.07, 6.45) is 3.07. The molecule has 0 bridgehead atoms. The number of nitrogens with zero attached hydrogens (tertiary/aromatic N) is 2. The Balaban J connectivity index is 1.96. The molecule has 96 valence electrons. The molecule has 0 aliphatic rings. The average molecular weight is 274 g/mol.